The first-order valence-corrected chi connectivity index (χ1v) is 9.75. The van der Waals surface area contributed by atoms with E-state index >= 15 is 0 Å². The maximum absolute atomic E-state index is 12.3. The predicted molar refractivity (Wildman–Crippen MR) is 92.9 cm³/mol. The number of halogens is 3. The van der Waals surface area contributed by atoms with Crippen LogP contribution in [0.5, 0.6) is 5.75 Å². The van der Waals surface area contributed by atoms with Crippen molar-refractivity contribution in [2.24, 2.45) is 0 Å². The van der Waals surface area contributed by atoms with Crippen LogP contribution in [0.3, 0.4) is 0 Å². The summed E-state index contributed by atoms with van der Waals surface area (Å²) in [5.74, 6) is -0.778. The number of para-hydroxylation sites is 1. The first kappa shape index (κ1) is 22.3. The fourth-order valence-electron chi connectivity index (χ4n) is 2.29. The molecule has 5 nitrogen and oxygen atoms in total. The standard InChI is InChI=1S/C17H24F3NO4S/c1-16(2,26(23,24)12-6-10-17(18,19)20)15(22)21-11-9-13-7-4-5-8-14(13)25-3/h4-5,7-8H,6,9-12H2,1-3H3,(H,21,22). The fraction of sp³-hybridized carbons (Fsp3) is 0.588. The van der Waals surface area contributed by atoms with Crippen LogP contribution in [0.2, 0.25) is 0 Å². The van der Waals surface area contributed by atoms with Crippen molar-refractivity contribution in [1.29, 1.82) is 0 Å². The van der Waals surface area contributed by atoms with E-state index in [1.807, 2.05) is 12.1 Å². The average Bonchev–Trinajstić information content (AvgIpc) is 2.53. The molecule has 0 saturated carbocycles. The molecule has 0 heterocycles. The molecule has 1 aromatic carbocycles. The number of hydrogen-bond acceptors (Lipinski definition) is 4. The Hall–Kier alpha value is -1.77. The predicted octanol–water partition coefficient (Wildman–Crippen LogP) is 2.89. The van der Waals surface area contributed by atoms with Gasteiger partial charge in [-0.3, -0.25) is 4.79 Å². The van der Waals surface area contributed by atoms with E-state index in [9.17, 15) is 26.4 Å². The van der Waals surface area contributed by atoms with E-state index in [0.717, 1.165) is 5.56 Å². The van der Waals surface area contributed by atoms with Crippen molar-refractivity contribution < 1.29 is 31.1 Å². The second kappa shape index (κ2) is 8.75. The average molecular weight is 395 g/mol. The van der Waals surface area contributed by atoms with Gasteiger partial charge in [-0.25, -0.2) is 8.42 Å². The van der Waals surface area contributed by atoms with Gasteiger partial charge in [0.25, 0.3) is 0 Å². The number of hydrogen-bond donors (Lipinski definition) is 1. The maximum atomic E-state index is 12.3. The van der Waals surface area contributed by atoms with Gasteiger partial charge in [0, 0.05) is 13.0 Å². The van der Waals surface area contributed by atoms with Crippen molar-refractivity contribution in [2.75, 3.05) is 19.4 Å². The molecule has 0 aromatic heterocycles. The summed E-state index contributed by atoms with van der Waals surface area (Å²) >= 11 is 0. The van der Waals surface area contributed by atoms with Gasteiger partial charge in [0.05, 0.1) is 12.9 Å². The lowest BCUT2D eigenvalue weighted by molar-refractivity contribution is -0.134. The monoisotopic (exact) mass is 395 g/mol. The Bertz CT molecular complexity index is 715. The number of carbonyl (C=O) groups is 1. The number of methoxy groups -OCH3 is 1. The van der Waals surface area contributed by atoms with Gasteiger partial charge in [0.15, 0.2) is 9.84 Å². The number of sulfone groups is 1. The minimum Gasteiger partial charge on any atom is -0.496 e. The van der Waals surface area contributed by atoms with Gasteiger partial charge < -0.3 is 10.1 Å². The number of amides is 1. The highest BCUT2D eigenvalue weighted by molar-refractivity contribution is 7.93. The summed E-state index contributed by atoms with van der Waals surface area (Å²) in [6.45, 7) is 2.59. The van der Waals surface area contributed by atoms with Crippen molar-refractivity contribution in [3.05, 3.63) is 29.8 Å². The van der Waals surface area contributed by atoms with Crippen LogP contribution >= 0.6 is 0 Å². The zero-order chi connectivity index (χ0) is 20.0. The van der Waals surface area contributed by atoms with Gasteiger partial charge in [0.2, 0.25) is 5.91 Å². The molecule has 0 bridgehead atoms. The van der Waals surface area contributed by atoms with E-state index in [2.05, 4.69) is 5.32 Å². The van der Waals surface area contributed by atoms with Crippen LogP contribution in [0.4, 0.5) is 13.2 Å². The van der Waals surface area contributed by atoms with Crippen LogP contribution in [-0.2, 0) is 21.1 Å². The highest BCUT2D eigenvalue weighted by Gasteiger charge is 2.41. The van der Waals surface area contributed by atoms with Gasteiger partial charge in [-0.15, -0.1) is 0 Å². The molecular weight excluding hydrogens is 371 g/mol. The first-order chi connectivity index (χ1) is 11.9. The van der Waals surface area contributed by atoms with E-state index in [-0.39, 0.29) is 6.54 Å². The molecule has 0 saturated heterocycles. The number of alkyl halides is 3. The van der Waals surface area contributed by atoms with E-state index in [4.69, 9.17) is 4.74 Å². The molecule has 148 valence electrons. The molecule has 1 amide bonds. The van der Waals surface area contributed by atoms with E-state index in [1.54, 1.807) is 12.1 Å². The number of benzene rings is 1. The van der Waals surface area contributed by atoms with E-state index in [1.165, 1.54) is 21.0 Å². The molecule has 0 aliphatic carbocycles. The van der Waals surface area contributed by atoms with Crippen LogP contribution in [-0.4, -0.2) is 44.7 Å². The Balaban J connectivity index is 2.63. The normalized spacial score (nSPS) is 12.7. The lowest BCUT2D eigenvalue weighted by Crippen LogP contribution is -2.49. The van der Waals surface area contributed by atoms with E-state index < -0.39 is 45.3 Å². The molecule has 1 N–H and O–H groups in total. The fourth-order valence-corrected chi connectivity index (χ4v) is 3.68. The molecule has 0 atom stereocenters. The summed E-state index contributed by atoms with van der Waals surface area (Å²) < 4.78 is 64.5. The summed E-state index contributed by atoms with van der Waals surface area (Å²) in [5.41, 5.74) is 0.848. The third kappa shape index (κ3) is 6.19. The van der Waals surface area contributed by atoms with E-state index in [0.29, 0.717) is 12.2 Å². The Labute approximate surface area is 151 Å². The summed E-state index contributed by atoms with van der Waals surface area (Å²) in [5, 5.41) is 2.54. The molecule has 1 aromatic rings. The third-order valence-electron chi connectivity index (χ3n) is 4.07. The van der Waals surface area contributed by atoms with Crippen molar-refractivity contribution >= 4 is 15.7 Å². The van der Waals surface area contributed by atoms with Crippen LogP contribution in [0.1, 0.15) is 32.3 Å². The van der Waals surface area contributed by atoms with Gasteiger partial charge in [0.1, 0.15) is 10.5 Å². The van der Waals surface area contributed by atoms with Gasteiger partial charge in [-0.1, -0.05) is 18.2 Å². The lowest BCUT2D eigenvalue weighted by atomic mass is 10.1. The second-order valence-electron chi connectivity index (χ2n) is 6.37. The summed E-state index contributed by atoms with van der Waals surface area (Å²) in [7, 11) is -2.50. The summed E-state index contributed by atoms with van der Waals surface area (Å²) in [6.07, 6.45) is -5.75. The maximum Gasteiger partial charge on any atom is 0.389 e. The Kier molecular flexibility index (Phi) is 7.49. The quantitative estimate of drug-likeness (QED) is 0.698. The molecule has 26 heavy (non-hydrogen) atoms. The van der Waals surface area contributed by atoms with Gasteiger partial charge >= 0.3 is 6.18 Å². The van der Waals surface area contributed by atoms with Crippen molar-refractivity contribution in [1.82, 2.24) is 5.32 Å². The van der Waals surface area contributed by atoms with Crippen LogP contribution in [0.15, 0.2) is 24.3 Å². The molecule has 0 fully saturated rings. The van der Waals surface area contributed by atoms with Crippen LogP contribution in [0.25, 0.3) is 0 Å². The second-order valence-corrected chi connectivity index (χ2v) is 9.02. The smallest absolute Gasteiger partial charge is 0.389 e. The van der Waals surface area contributed by atoms with Gasteiger partial charge in [-0.2, -0.15) is 13.2 Å². The Morgan fingerprint density at radius 1 is 1.19 bits per heavy atom. The SMILES string of the molecule is COc1ccccc1CCNC(=O)C(C)(C)S(=O)(=O)CCCC(F)(F)F. The van der Waals surface area contributed by atoms with Gasteiger partial charge in [-0.05, 0) is 38.3 Å². The number of rotatable bonds is 9. The molecular formula is C17H24F3NO4S. The lowest BCUT2D eigenvalue weighted by Gasteiger charge is -2.24. The van der Waals surface area contributed by atoms with Crippen molar-refractivity contribution in [3.8, 4) is 5.75 Å². The molecule has 0 aliphatic rings. The molecule has 1 rings (SSSR count). The molecule has 0 unspecified atom stereocenters. The third-order valence-corrected chi connectivity index (χ3v) is 6.64. The van der Waals surface area contributed by atoms with Crippen LogP contribution < -0.4 is 10.1 Å². The van der Waals surface area contributed by atoms with Crippen molar-refractivity contribution in [2.45, 2.75) is 44.0 Å². The number of ether oxygens (including phenoxy) is 1. The molecule has 0 aliphatic heterocycles. The van der Waals surface area contributed by atoms with Crippen molar-refractivity contribution in [3.63, 3.8) is 0 Å². The Morgan fingerprint density at radius 2 is 1.81 bits per heavy atom. The Morgan fingerprint density at radius 3 is 2.38 bits per heavy atom. The highest BCUT2D eigenvalue weighted by Crippen LogP contribution is 2.25. The minimum absolute atomic E-state index is 0.181. The zero-order valence-corrected chi connectivity index (χ0v) is 15.8. The highest BCUT2D eigenvalue weighted by atomic mass is 32.2. The molecule has 9 heteroatoms. The molecule has 0 spiro atoms. The first-order valence-electron chi connectivity index (χ1n) is 8.10. The zero-order valence-electron chi connectivity index (χ0n) is 15.0. The summed E-state index contributed by atoms with van der Waals surface area (Å²) in [6, 6.07) is 7.21. The number of nitrogens with one attached hydrogen (secondary N) is 1. The minimum atomic E-state index is -4.42. The topological polar surface area (TPSA) is 72.5 Å². The summed E-state index contributed by atoms with van der Waals surface area (Å²) in [4.78, 5) is 12.3. The van der Waals surface area contributed by atoms with Crippen LogP contribution in [0, 0.1) is 0 Å². The number of carbonyl (C=O) groups excluding carboxylic acids is 1. The molecule has 0 radical (unpaired) electrons. The largest absolute Gasteiger partial charge is 0.496 e.